The molecule has 32 heavy (non-hydrogen) atoms. The lowest BCUT2D eigenvalue weighted by Gasteiger charge is -2.20. The third-order valence-corrected chi connectivity index (χ3v) is 5.80. The van der Waals surface area contributed by atoms with E-state index in [0.29, 0.717) is 6.04 Å². The minimum absolute atomic E-state index is 0. The van der Waals surface area contributed by atoms with Gasteiger partial charge >= 0.3 is 0 Å². The summed E-state index contributed by atoms with van der Waals surface area (Å²) in [4.78, 5) is 2.41. The maximum Gasteiger partial charge on any atom is 0.0478 e. The fourth-order valence-electron chi connectivity index (χ4n) is 3.25. The number of rotatable bonds is 22. The van der Waals surface area contributed by atoms with Crippen molar-refractivity contribution in [1.82, 2.24) is 15.5 Å². The second-order valence-corrected chi connectivity index (χ2v) is 10.5. The number of unbranched alkanes of at least 4 members (excludes halogenated alkanes) is 3. The van der Waals surface area contributed by atoms with Crippen molar-refractivity contribution >= 4 is 0 Å². The van der Waals surface area contributed by atoms with Gasteiger partial charge in [-0.05, 0) is 117 Å². The van der Waals surface area contributed by atoms with Crippen LogP contribution in [-0.2, 0) is 4.74 Å². The Bertz CT molecular complexity index is 330. The highest BCUT2D eigenvalue weighted by atomic mass is 16.5. The molecule has 0 spiro atoms. The van der Waals surface area contributed by atoms with E-state index < -0.39 is 0 Å². The summed E-state index contributed by atoms with van der Waals surface area (Å²) in [6.07, 6.45) is 12.9. The summed E-state index contributed by atoms with van der Waals surface area (Å²) in [7, 11) is 2.21. The quantitative estimate of drug-likeness (QED) is 0.167. The molecule has 0 aliphatic heterocycles. The zero-order valence-electron chi connectivity index (χ0n) is 23.6. The monoisotopic (exact) mass is 462 g/mol. The van der Waals surface area contributed by atoms with Crippen molar-refractivity contribution in [3.63, 3.8) is 0 Å². The van der Waals surface area contributed by atoms with E-state index >= 15 is 0 Å². The summed E-state index contributed by atoms with van der Waals surface area (Å²) >= 11 is 0. The van der Waals surface area contributed by atoms with E-state index in [0.717, 1.165) is 44.6 Å². The molecule has 0 fully saturated rings. The lowest BCUT2D eigenvalue weighted by atomic mass is 10.1. The van der Waals surface area contributed by atoms with Crippen LogP contribution in [0.5, 0.6) is 0 Å². The van der Waals surface area contributed by atoms with Gasteiger partial charge in [0.05, 0.1) is 0 Å². The van der Waals surface area contributed by atoms with Gasteiger partial charge in [0, 0.05) is 22.1 Å². The minimum atomic E-state index is 0. The van der Waals surface area contributed by atoms with Gasteiger partial charge in [-0.3, -0.25) is 0 Å². The van der Waals surface area contributed by atoms with E-state index in [1.165, 1.54) is 77.4 Å². The smallest absolute Gasteiger partial charge is 0.0478 e. The maximum absolute atomic E-state index is 5.59. The van der Waals surface area contributed by atoms with Gasteiger partial charge in [0.1, 0.15) is 0 Å². The molecule has 0 heterocycles. The topological polar surface area (TPSA) is 36.5 Å². The van der Waals surface area contributed by atoms with Crippen LogP contribution in [0.3, 0.4) is 0 Å². The molecule has 0 aliphatic rings. The molecule has 0 aliphatic carbocycles. The summed E-state index contributed by atoms with van der Waals surface area (Å²) in [6.45, 7) is 23.6. The standard InChI is InChI=1S/C15H33NO.C13H30N2.2H2/c1-14(2)8-5-10-16-11-7-13-17-12-6-9-15(3)4;1-5-6-7-10-14-11-8-9-12-15(4)13(2)3;;/h14-16H,5-13H2,1-4H3;13-14H,5-12H2,1-4H3;2*1H. The Labute approximate surface area is 207 Å². The minimum Gasteiger partial charge on any atom is -0.381 e. The molecule has 0 radical (unpaired) electrons. The fourth-order valence-corrected chi connectivity index (χ4v) is 3.25. The van der Waals surface area contributed by atoms with Crippen molar-refractivity contribution < 1.29 is 7.59 Å². The number of hydrogen-bond acceptors (Lipinski definition) is 4. The summed E-state index contributed by atoms with van der Waals surface area (Å²) in [6, 6.07) is 0.683. The average Bonchev–Trinajstić information content (AvgIpc) is 2.73. The van der Waals surface area contributed by atoms with Crippen LogP contribution in [0.4, 0.5) is 0 Å². The molecule has 0 saturated heterocycles. The Balaban J connectivity index is -0.000000252. The Morgan fingerprint density at radius 2 is 1.16 bits per heavy atom. The number of nitrogens with one attached hydrogen (secondary N) is 2. The second kappa shape index (κ2) is 27.1. The van der Waals surface area contributed by atoms with Crippen LogP contribution in [-0.4, -0.2) is 63.9 Å². The number of nitrogens with zero attached hydrogens (tertiary/aromatic N) is 1. The first-order valence-corrected chi connectivity index (χ1v) is 14.0. The van der Waals surface area contributed by atoms with E-state index in [9.17, 15) is 0 Å². The largest absolute Gasteiger partial charge is 0.381 e. The number of hydrogen-bond donors (Lipinski definition) is 2. The summed E-state index contributed by atoms with van der Waals surface area (Å²) < 4.78 is 5.59. The molecule has 0 aromatic rings. The first kappa shape index (κ1) is 34.0. The molecule has 0 saturated carbocycles. The van der Waals surface area contributed by atoms with Crippen molar-refractivity contribution in [3.8, 4) is 0 Å². The van der Waals surface area contributed by atoms with E-state index in [2.05, 4.69) is 71.0 Å². The van der Waals surface area contributed by atoms with E-state index in [1.54, 1.807) is 0 Å². The van der Waals surface area contributed by atoms with Crippen molar-refractivity contribution in [2.75, 3.05) is 53.0 Å². The van der Waals surface area contributed by atoms with Crippen LogP contribution >= 0.6 is 0 Å². The van der Waals surface area contributed by atoms with Gasteiger partial charge in [0.15, 0.2) is 0 Å². The summed E-state index contributed by atoms with van der Waals surface area (Å²) in [5.41, 5.74) is 0. The molecule has 200 valence electrons. The predicted octanol–water partition coefficient (Wildman–Crippen LogP) is 7.23. The first-order chi connectivity index (χ1) is 15.3. The molecule has 0 unspecified atom stereocenters. The molecule has 0 aromatic heterocycles. The SMILES string of the molecule is CC(C)CCCNCCCOCCCC(C)C.CCCCCNCCCCN(C)C(C)C.[HH].[HH]. The van der Waals surface area contributed by atoms with Crippen molar-refractivity contribution in [2.24, 2.45) is 11.8 Å². The summed E-state index contributed by atoms with van der Waals surface area (Å²) in [5, 5.41) is 6.97. The van der Waals surface area contributed by atoms with Gasteiger partial charge in [-0.2, -0.15) is 0 Å². The zero-order chi connectivity index (χ0) is 24.5. The van der Waals surface area contributed by atoms with Gasteiger partial charge in [0.2, 0.25) is 0 Å². The highest BCUT2D eigenvalue weighted by Gasteiger charge is 2.01. The van der Waals surface area contributed by atoms with Crippen LogP contribution in [0.1, 0.15) is 116 Å². The zero-order valence-corrected chi connectivity index (χ0v) is 23.6. The maximum atomic E-state index is 5.59. The highest BCUT2D eigenvalue weighted by molar-refractivity contribution is 4.58. The lowest BCUT2D eigenvalue weighted by molar-refractivity contribution is 0.125. The Morgan fingerprint density at radius 1 is 0.656 bits per heavy atom. The molecule has 0 aromatic carbocycles. The normalized spacial score (nSPS) is 11.6. The fraction of sp³-hybridized carbons (Fsp3) is 1.00. The average molecular weight is 462 g/mol. The van der Waals surface area contributed by atoms with Crippen LogP contribution in [0.25, 0.3) is 0 Å². The molecule has 2 N–H and O–H groups in total. The van der Waals surface area contributed by atoms with Crippen molar-refractivity contribution in [3.05, 3.63) is 0 Å². The van der Waals surface area contributed by atoms with Crippen LogP contribution in [0, 0.1) is 11.8 Å². The number of ether oxygens (including phenoxy) is 1. The van der Waals surface area contributed by atoms with Gasteiger partial charge in [0.25, 0.3) is 0 Å². The van der Waals surface area contributed by atoms with E-state index in [1.807, 2.05) is 0 Å². The predicted molar refractivity (Wildman–Crippen MR) is 150 cm³/mol. The molecule has 0 amide bonds. The van der Waals surface area contributed by atoms with E-state index in [-0.39, 0.29) is 2.85 Å². The van der Waals surface area contributed by atoms with Crippen LogP contribution < -0.4 is 10.6 Å². The van der Waals surface area contributed by atoms with Gasteiger partial charge in [-0.15, -0.1) is 0 Å². The van der Waals surface area contributed by atoms with Crippen molar-refractivity contribution in [2.45, 2.75) is 119 Å². The molecule has 0 bridgehead atoms. The van der Waals surface area contributed by atoms with E-state index in [4.69, 9.17) is 4.74 Å². The second-order valence-electron chi connectivity index (χ2n) is 10.5. The molecule has 0 atom stereocenters. The molecule has 4 nitrogen and oxygen atoms in total. The van der Waals surface area contributed by atoms with Crippen LogP contribution in [0.15, 0.2) is 0 Å². The Hall–Kier alpha value is -0.160. The third-order valence-electron chi connectivity index (χ3n) is 5.80. The Kier molecular flexibility index (Phi) is 28.8. The van der Waals surface area contributed by atoms with Crippen LogP contribution in [0.2, 0.25) is 0 Å². The van der Waals surface area contributed by atoms with Gasteiger partial charge < -0.3 is 20.3 Å². The highest BCUT2D eigenvalue weighted by Crippen LogP contribution is 2.03. The molecule has 4 heteroatoms. The van der Waals surface area contributed by atoms with Gasteiger partial charge in [-0.1, -0.05) is 47.5 Å². The van der Waals surface area contributed by atoms with Crippen molar-refractivity contribution in [1.29, 1.82) is 0 Å². The molecular formula is C28H67N3O. The Morgan fingerprint density at radius 3 is 1.72 bits per heavy atom. The first-order valence-electron chi connectivity index (χ1n) is 14.0. The summed E-state index contributed by atoms with van der Waals surface area (Å²) in [5.74, 6) is 1.64. The molecule has 0 rings (SSSR count). The van der Waals surface area contributed by atoms with Gasteiger partial charge in [-0.25, -0.2) is 0 Å². The molecular weight excluding hydrogens is 394 g/mol. The third kappa shape index (κ3) is 32.0. The lowest BCUT2D eigenvalue weighted by Crippen LogP contribution is -2.28.